The third-order valence-electron chi connectivity index (χ3n) is 2.27. The first-order valence-electron chi connectivity index (χ1n) is 5.23. The van der Waals surface area contributed by atoms with Gasteiger partial charge in [0.05, 0.1) is 0 Å². The Morgan fingerprint density at radius 3 is 2.68 bits per heavy atom. The lowest BCUT2D eigenvalue weighted by Crippen LogP contribution is -2.18. The monoisotopic (exact) mass is 342 g/mol. The highest BCUT2D eigenvalue weighted by atomic mass is 79.9. The average Bonchev–Trinajstić information content (AvgIpc) is 2.38. The number of benzene rings is 1. The molecular weight excluding hydrogens is 332 g/mol. The Labute approximate surface area is 119 Å². The Balaban J connectivity index is 2.38. The molecule has 0 saturated carbocycles. The van der Waals surface area contributed by atoms with Gasteiger partial charge in [-0.25, -0.2) is 19.2 Å². The first kappa shape index (κ1) is 13.8. The third-order valence-corrected chi connectivity index (χ3v) is 4.18. The Morgan fingerprint density at radius 2 is 2.00 bits per heavy atom. The number of hydrogen-bond acceptors (Lipinski definition) is 5. The summed E-state index contributed by atoms with van der Waals surface area (Å²) in [5.74, 6) is 5.34. The van der Waals surface area contributed by atoms with Gasteiger partial charge in [0.15, 0.2) is 5.82 Å². The fourth-order valence-electron chi connectivity index (χ4n) is 1.48. The SMILES string of the molecule is NNc1ncccc1S(=O)(=O)Nc1cccc(Br)c1. The molecule has 1 aromatic heterocycles. The second-order valence-electron chi connectivity index (χ2n) is 3.61. The zero-order valence-electron chi connectivity index (χ0n) is 9.67. The minimum absolute atomic E-state index is 0.0162. The molecule has 1 heterocycles. The van der Waals surface area contributed by atoms with Gasteiger partial charge in [0.25, 0.3) is 10.0 Å². The maximum Gasteiger partial charge on any atom is 0.265 e. The number of nitrogens with one attached hydrogen (secondary N) is 2. The van der Waals surface area contributed by atoms with Crippen LogP contribution in [0.25, 0.3) is 0 Å². The minimum Gasteiger partial charge on any atom is -0.307 e. The fourth-order valence-corrected chi connectivity index (χ4v) is 3.05. The molecule has 0 saturated heterocycles. The van der Waals surface area contributed by atoms with E-state index in [0.29, 0.717) is 5.69 Å². The van der Waals surface area contributed by atoms with Gasteiger partial charge >= 0.3 is 0 Å². The van der Waals surface area contributed by atoms with Crippen LogP contribution in [0, 0.1) is 0 Å². The molecule has 0 aliphatic heterocycles. The summed E-state index contributed by atoms with van der Waals surface area (Å²) in [6.45, 7) is 0. The molecule has 6 nitrogen and oxygen atoms in total. The summed E-state index contributed by atoms with van der Waals surface area (Å²) in [5, 5.41) is 0. The lowest BCUT2D eigenvalue weighted by molar-refractivity contribution is 0.601. The molecule has 0 fully saturated rings. The van der Waals surface area contributed by atoms with Gasteiger partial charge in [-0.15, -0.1) is 0 Å². The highest BCUT2D eigenvalue weighted by molar-refractivity contribution is 9.10. The standard InChI is InChI=1S/C11H11BrN4O2S/c12-8-3-1-4-9(7-8)16-19(17,18)10-5-2-6-14-11(10)15-13/h1-7,16H,13H2,(H,14,15). The fraction of sp³-hybridized carbons (Fsp3) is 0. The van der Waals surface area contributed by atoms with Crippen LogP contribution in [0.5, 0.6) is 0 Å². The summed E-state index contributed by atoms with van der Waals surface area (Å²) in [6, 6.07) is 9.78. The van der Waals surface area contributed by atoms with E-state index in [2.05, 4.69) is 31.1 Å². The Bertz CT molecular complexity index is 691. The number of nitrogens with zero attached hydrogens (tertiary/aromatic N) is 1. The maximum atomic E-state index is 12.2. The van der Waals surface area contributed by atoms with E-state index in [1.807, 2.05) is 0 Å². The molecule has 0 aliphatic carbocycles. The van der Waals surface area contributed by atoms with E-state index in [4.69, 9.17) is 5.84 Å². The van der Waals surface area contributed by atoms with Crippen LogP contribution in [0.3, 0.4) is 0 Å². The van der Waals surface area contributed by atoms with E-state index in [9.17, 15) is 8.42 Å². The number of halogens is 1. The number of hydrogen-bond donors (Lipinski definition) is 3. The Hall–Kier alpha value is -1.64. The molecule has 2 aromatic rings. The number of nitrogens with two attached hydrogens (primary N) is 1. The highest BCUT2D eigenvalue weighted by Gasteiger charge is 2.19. The number of hydrazine groups is 1. The summed E-state index contributed by atoms with van der Waals surface area (Å²) < 4.78 is 27.7. The van der Waals surface area contributed by atoms with E-state index in [0.717, 1.165) is 4.47 Å². The van der Waals surface area contributed by atoms with Gasteiger partial charge < -0.3 is 5.43 Å². The topological polar surface area (TPSA) is 97.1 Å². The molecule has 0 atom stereocenters. The summed E-state index contributed by atoms with van der Waals surface area (Å²) in [5.41, 5.74) is 2.70. The van der Waals surface area contributed by atoms with Gasteiger partial charge in [0.1, 0.15) is 4.90 Å². The molecule has 0 spiro atoms. The molecule has 0 radical (unpaired) electrons. The normalized spacial score (nSPS) is 11.1. The van der Waals surface area contributed by atoms with Crippen LogP contribution in [-0.4, -0.2) is 13.4 Å². The second-order valence-corrected chi connectivity index (χ2v) is 6.18. The molecule has 0 unspecified atom stereocenters. The van der Waals surface area contributed by atoms with Crippen molar-refractivity contribution in [3.63, 3.8) is 0 Å². The molecule has 8 heteroatoms. The van der Waals surface area contributed by atoms with Crippen molar-refractivity contribution in [1.29, 1.82) is 0 Å². The van der Waals surface area contributed by atoms with E-state index >= 15 is 0 Å². The highest BCUT2D eigenvalue weighted by Crippen LogP contribution is 2.22. The van der Waals surface area contributed by atoms with Crippen molar-refractivity contribution in [1.82, 2.24) is 4.98 Å². The summed E-state index contributed by atoms with van der Waals surface area (Å²) in [6.07, 6.45) is 1.45. The smallest absolute Gasteiger partial charge is 0.265 e. The molecule has 0 aliphatic rings. The number of rotatable bonds is 4. The van der Waals surface area contributed by atoms with Crippen LogP contribution in [-0.2, 0) is 10.0 Å². The molecule has 1 aromatic carbocycles. The van der Waals surface area contributed by atoms with Crippen LogP contribution < -0.4 is 16.0 Å². The van der Waals surface area contributed by atoms with E-state index in [1.165, 1.54) is 18.3 Å². The van der Waals surface area contributed by atoms with Crippen LogP contribution in [0.1, 0.15) is 0 Å². The maximum absolute atomic E-state index is 12.2. The zero-order chi connectivity index (χ0) is 13.9. The molecule has 4 N–H and O–H groups in total. The summed E-state index contributed by atoms with van der Waals surface area (Å²) in [7, 11) is -3.75. The van der Waals surface area contributed by atoms with Crippen molar-refractivity contribution in [2.24, 2.45) is 5.84 Å². The number of sulfonamides is 1. The predicted molar refractivity (Wildman–Crippen MR) is 77.0 cm³/mol. The number of anilines is 2. The number of nitrogen functional groups attached to an aromatic ring is 1. The van der Waals surface area contributed by atoms with Crippen molar-refractivity contribution in [3.8, 4) is 0 Å². The molecule has 2 rings (SSSR count). The first-order chi connectivity index (χ1) is 9.03. The van der Waals surface area contributed by atoms with Crippen LogP contribution in [0.4, 0.5) is 11.5 Å². The van der Waals surface area contributed by atoms with Crippen molar-refractivity contribution >= 4 is 37.5 Å². The van der Waals surface area contributed by atoms with Gasteiger partial charge in [-0.05, 0) is 30.3 Å². The van der Waals surface area contributed by atoms with Crippen molar-refractivity contribution in [3.05, 3.63) is 47.1 Å². The molecular formula is C11H11BrN4O2S. The van der Waals surface area contributed by atoms with E-state index in [1.54, 1.807) is 24.3 Å². The van der Waals surface area contributed by atoms with Crippen molar-refractivity contribution in [2.45, 2.75) is 4.90 Å². The Kier molecular flexibility index (Phi) is 4.03. The van der Waals surface area contributed by atoms with Gasteiger partial charge in [-0.1, -0.05) is 22.0 Å². The van der Waals surface area contributed by atoms with Crippen molar-refractivity contribution in [2.75, 3.05) is 10.1 Å². The quantitative estimate of drug-likeness (QED) is 0.582. The van der Waals surface area contributed by atoms with Crippen LogP contribution in [0.15, 0.2) is 52.0 Å². The largest absolute Gasteiger partial charge is 0.307 e. The van der Waals surface area contributed by atoms with Gasteiger partial charge in [0.2, 0.25) is 0 Å². The third kappa shape index (κ3) is 3.22. The molecule has 0 bridgehead atoms. The molecule has 100 valence electrons. The average molecular weight is 343 g/mol. The molecule has 19 heavy (non-hydrogen) atoms. The van der Waals surface area contributed by atoms with Crippen molar-refractivity contribution < 1.29 is 8.42 Å². The first-order valence-corrected chi connectivity index (χ1v) is 7.50. The molecule has 0 amide bonds. The number of pyridine rings is 1. The van der Waals surface area contributed by atoms with Crippen LogP contribution in [0.2, 0.25) is 0 Å². The predicted octanol–water partition coefficient (Wildman–Crippen LogP) is 1.93. The van der Waals surface area contributed by atoms with Gasteiger partial charge in [0, 0.05) is 16.4 Å². The summed E-state index contributed by atoms with van der Waals surface area (Å²) >= 11 is 3.27. The Morgan fingerprint density at radius 1 is 1.21 bits per heavy atom. The lowest BCUT2D eigenvalue weighted by Gasteiger charge is -2.11. The second kappa shape index (κ2) is 5.55. The summed E-state index contributed by atoms with van der Waals surface area (Å²) in [4.78, 5) is 3.84. The number of aromatic nitrogens is 1. The van der Waals surface area contributed by atoms with E-state index < -0.39 is 10.0 Å². The lowest BCUT2D eigenvalue weighted by atomic mass is 10.3. The zero-order valence-corrected chi connectivity index (χ0v) is 12.1. The minimum atomic E-state index is -3.75. The van der Waals surface area contributed by atoms with Gasteiger partial charge in [-0.3, -0.25) is 4.72 Å². The van der Waals surface area contributed by atoms with E-state index in [-0.39, 0.29) is 10.7 Å². The van der Waals surface area contributed by atoms with Gasteiger partial charge in [-0.2, -0.15) is 0 Å². The van der Waals surface area contributed by atoms with Crippen LogP contribution >= 0.6 is 15.9 Å².